The molecule has 2 saturated heterocycles. The number of sulfonamides is 1. The van der Waals surface area contributed by atoms with Crippen molar-refractivity contribution in [1.29, 1.82) is 0 Å². The van der Waals surface area contributed by atoms with Crippen molar-refractivity contribution in [3.8, 4) is 0 Å². The quantitative estimate of drug-likeness (QED) is 0.365. The van der Waals surface area contributed by atoms with Gasteiger partial charge in [-0.2, -0.15) is 5.48 Å². The molecule has 0 aromatic carbocycles. The number of aromatic nitrogens is 2. The van der Waals surface area contributed by atoms with Gasteiger partial charge >= 0.3 is 5.97 Å². The van der Waals surface area contributed by atoms with E-state index in [-0.39, 0.29) is 16.2 Å². The van der Waals surface area contributed by atoms with Gasteiger partial charge in [-0.05, 0) is 107 Å². The number of hydrogen-bond donors (Lipinski definition) is 2. The van der Waals surface area contributed by atoms with Gasteiger partial charge in [-0.3, -0.25) is 9.69 Å². The monoisotopic (exact) mass is 743 g/mol. The summed E-state index contributed by atoms with van der Waals surface area (Å²) < 4.78 is 24.6. The number of likely N-dealkylation sites (tertiary alicyclic amines) is 1. The summed E-state index contributed by atoms with van der Waals surface area (Å²) in [4.78, 5) is 48.7. The maximum atomic E-state index is 14.3. The Labute approximate surface area is 303 Å². The minimum absolute atomic E-state index is 0.226. The van der Waals surface area contributed by atoms with Crippen molar-refractivity contribution < 1.29 is 22.8 Å². The van der Waals surface area contributed by atoms with Gasteiger partial charge in [0.25, 0.3) is 15.9 Å². The van der Waals surface area contributed by atoms with E-state index < -0.39 is 28.1 Å². The zero-order valence-electron chi connectivity index (χ0n) is 28.8. The van der Waals surface area contributed by atoms with E-state index in [1.165, 1.54) is 37.9 Å². The molecule has 2 aliphatic carbocycles. The summed E-state index contributed by atoms with van der Waals surface area (Å²) in [7, 11) is -4.12. The van der Waals surface area contributed by atoms with Crippen molar-refractivity contribution in [2.75, 3.05) is 36.0 Å². The fourth-order valence-corrected chi connectivity index (χ4v) is 8.77. The lowest BCUT2D eigenvalue weighted by molar-refractivity contribution is -0.145. The van der Waals surface area contributed by atoms with Crippen LogP contribution in [0, 0.1) is 24.7 Å². The van der Waals surface area contributed by atoms with E-state index >= 15 is 0 Å². The smallest absolute Gasteiger partial charge is 0.356 e. The number of allylic oxidation sites excluding steroid dienone is 3. The number of aryl methyl sites for hydroxylation is 1. The van der Waals surface area contributed by atoms with Crippen LogP contribution in [0.2, 0.25) is 5.02 Å². The van der Waals surface area contributed by atoms with Crippen molar-refractivity contribution in [3.63, 3.8) is 0 Å². The number of carbonyl (C=O) groups excluding carboxylic acids is 2. The van der Waals surface area contributed by atoms with Gasteiger partial charge in [-0.1, -0.05) is 23.2 Å². The number of halogens is 2. The average Bonchev–Trinajstić information content (AvgIpc) is 4.03. The molecule has 5 heterocycles. The zero-order chi connectivity index (χ0) is 35.7. The first-order chi connectivity index (χ1) is 23.6. The number of hydrogen-bond acceptors (Lipinski definition) is 10. The number of primary sulfonamides is 1. The van der Waals surface area contributed by atoms with E-state index in [1.807, 2.05) is 18.7 Å². The highest BCUT2D eigenvalue weighted by atomic mass is 35.5. The van der Waals surface area contributed by atoms with Gasteiger partial charge in [-0.25, -0.2) is 28.3 Å². The first kappa shape index (κ1) is 35.2. The number of pyridine rings is 2. The molecule has 0 radical (unpaired) electrons. The van der Waals surface area contributed by atoms with Crippen molar-refractivity contribution >= 4 is 56.6 Å². The SMILES string of the molecule is CC1=C(C(=O)ONC(=O)c2c(N3CCC4(CC3)CC4)nc(C)c(Cl)c2C)C(N2CCC3(CC2)CC3)N(c2ccnc(S(N)(=O)=O)c2)C(C)=C1Cl. The van der Waals surface area contributed by atoms with Gasteiger partial charge in [0.15, 0.2) is 5.03 Å². The first-order valence-corrected chi connectivity index (χ1v) is 19.5. The minimum atomic E-state index is -4.12. The fraction of sp³-hybridized carbons (Fsp3) is 0.543. The third-order valence-electron chi connectivity index (χ3n) is 11.6. The standard InChI is InChI=1S/C35H43Cl2N7O5S/c1-20-26(30(40-22(3)28(20)36)42-15-10-34(6-7-34)11-16-42)31(45)41-49-33(46)27-21(2)29(37)23(4)44(24-5-14-39-25(19-24)50(38,47)48)32(27)43-17-12-35(8-9-35)13-18-43/h5,14,19,32H,6-13,15-18H2,1-4H3,(H,41,45)(H2,38,47,48). The molecule has 3 aliphatic heterocycles. The summed E-state index contributed by atoms with van der Waals surface area (Å²) in [5.74, 6) is -0.895. The molecule has 268 valence electrons. The van der Waals surface area contributed by atoms with E-state index in [4.69, 9.17) is 38.2 Å². The van der Waals surface area contributed by atoms with Crippen LogP contribution in [0.25, 0.3) is 0 Å². The number of nitrogens with zero attached hydrogens (tertiary/aromatic N) is 5. The first-order valence-electron chi connectivity index (χ1n) is 17.2. The molecular weight excluding hydrogens is 701 g/mol. The van der Waals surface area contributed by atoms with E-state index in [9.17, 15) is 18.0 Å². The largest absolute Gasteiger partial charge is 0.362 e. The number of nitrogens with two attached hydrogens (primary N) is 1. The van der Waals surface area contributed by atoms with Crippen LogP contribution in [-0.2, 0) is 19.7 Å². The van der Waals surface area contributed by atoms with Crippen LogP contribution in [-0.4, -0.2) is 67.5 Å². The maximum Gasteiger partial charge on any atom is 0.362 e. The number of rotatable bonds is 6. The highest BCUT2D eigenvalue weighted by molar-refractivity contribution is 7.89. The van der Waals surface area contributed by atoms with E-state index in [0.29, 0.717) is 68.0 Å². The van der Waals surface area contributed by atoms with Crippen LogP contribution in [0.5, 0.6) is 0 Å². The van der Waals surface area contributed by atoms with Gasteiger partial charge in [0.1, 0.15) is 12.0 Å². The third kappa shape index (κ3) is 6.40. The number of hydroxylamine groups is 1. The second kappa shape index (κ2) is 12.8. The number of carbonyl (C=O) groups is 2. The summed E-state index contributed by atoms with van der Waals surface area (Å²) in [5.41, 5.74) is 6.41. The molecule has 1 atom stereocenters. The molecule has 3 N–H and O–H groups in total. The van der Waals surface area contributed by atoms with Crippen LogP contribution < -0.4 is 20.4 Å². The normalized spacial score (nSPS) is 23.1. The van der Waals surface area contributed by atoms with Crippen LogP contribution in [0.1, 0.15) is 86.8 Å². The second-order valence-corrected chi connectivity index (χ2v) is 17.0. The third-order valence-corrected chi connectivity index (χ3v) is 13.6. The molecule has 2 saturated carbocycles. The Morgan fingerprint density at radius 1 is 0.960 bits per heavy atom. The molecule has 1 amide bonds. The predicted octanol–water partition coefficient (Wildman–Crippen LogP) is 5.47. The Bertz CT molecular complexity index is 1940. The number of anilines is 2. The Balaban J connectivity index is 1.20. The lowest BCUT2D eigenvalue weighted by Gasteiger charge is -2.47. The Morgan fingerprint density at radius 2 is 1.56 bits per heavy atom. The molecule has 2 aromatic rings. The topological polar surface area (TPSA) is 151 Å². The van der Waals surface area contributed by atoms with E-state index in [0.717, 1.165) is 38.8 Å². The molecule has 7 rings (SSSR count). The zero-order valence-corrected chi connectivity index (χ0v) is 31.1. The highest BCUT2D eigenvalue weighted by Crippen LogP contribution is 2.55. The highest BCUT2D eigenvalue weighted by Gasteiger charge is 2.49. The van der Waals surface area contributed by atoms with Gasteiger partial charge in [-0.15, -0.1) is 0 Å². The van der Waals surface area contributed by atoms with Gasteiger partial charge in [0.05, 0.1) is 26.9 Å². The Hall–Kier alpha value is -3.23. The fourth-order valence-electron chi connectivity index (χ4n) is 7.95. The average molecular weight is 745 g/mol. The summed E-state index contributed by atoms with van der Waals surface area (Å²) >= 11 is 13.5. The lowest BCUT2D eigenvalue weighted by atomic mass is 9.90. The van der Waals surface area contributed by atoms with Crippen molar-refractivity contribution in [3.05, 3.63) is 62.0 Å². The van der Waals surface area contributed by atoms with Crippen LogP contribution >= 0.6 is 23.2 Å². The van der Waals surface area contributed by atoms with Crippen LogP contribution in [0.4, 0.5) is 11.5 Å². The summed E-state index contributed by atoms with van der Waals surface area (Å²) in [6, 6.07) is 3.02. The van der Waals surface area contributed by atoms with Crippen molar-refractivity contribution in [1.82, 2.24) is 20.3 Å². The maximum absolute atomic E-state index is 14.3. The molecule has 2 spiro atoms. The van der Waals surface area contributed by atoms with Gasteiger partial charge < -0.3 is 14.6 Å². The molecule has 2 aromatic heterocycles. The summed E-state index contributed by atoms with van der Waals surface area (Å²) in [6.07, 6.45) is 9.52. The molecule has 5 aliphatic rings. The second-order valence-electron chi connectivity index (χ2n) is 14.8. The van der Waals surface area contributed by atoms with E-state index in [1.54, 1.807) is 19.9 Å². The molecule has 4 fully saturated rings. The number of nitrogens with one attached hydrogen (secondary N) is 1. The minimum Gasteiger partial charge on any atom is -0.356 e. The molecule has 12 nitrogen and oxygen atoms in total. The molecule has 1 unspecified atom stereocenters. The Kier molecular flexibility index (Phi) is 8.98. The predicted molar refractivity (Wildman–Crippen MR) is 191 cm³/mol. The molecule has 0 bridgehead atoms. The van der Waals surface area contributed by atoms with Crippen molar-refractivity contribution in [2.24, 2.45) is 16.0 Å². The molecule has 50 heavy (non-hydrogen) atoms. The Morgan fingerprint density at radius 3 is 2.14 bits per heavy atom. The lowest BCUT2D eigenvalue weighted by Crippen LogP contribution is -2.55. The van der Waals surface area contributed by atoms with E-state index in [2.05, 4.69) is 20.3 Å². The number of piperidine rings is 2. The summed E-state index contributed by atoms with van der Waals surface area (Å²) in [5, 5.41) is 5.82. The molecular formula is C35H43Cl2N7O5S. The van der Waals surface area contributed by atoms with Crippen molar-refractivity contribution in [2.45, 2.75) is 90.3 Å². The van der Waals surface area contributed by atoms with Crippen LogP contribution in [0.15, 0.2) is 45.2 Å². The molecule has 15 heteroatoms. The summed E-state index contributed by atoms with van der Waals surface area (Å²) in [6.45, 7) is 10.1. The van der Waals surface area contributed by atoms with Crippen LogP contribution in [0.3, 0.4) is 0 Å². The van der Waals surface area contributed by atoms with Gasteiger partial charge in [0, 0.05) is 49.8 Å². The van der Waals surface area contributed by atoms with Gasteiger partial charge in [0.2, 0.25) is 0 Å². The number of amides is 1.